The first-order chi connectivity index (χ1) is 14.7. The van der Waals surface area contributed by atoms with Crippen LogP contribution in [-0.2, 0) is 9.68 Å². The minimum atomic E-state index is 0.493. The van der Waals surface area contributed by atoms with Gasteiger partial charge in [0.15, 0.2) is 11.5 Å². The molecular weight excluding hydrogens is 406 g/mol. The first-order valence-corrected chi connectivity index (χ1v) is 9.79. The quantitative estimate of drug-likeness (QED) is 0.403. The number of nitrogens with one attached hydrogen (secondary N) is 1. The average molecular weight is 429 g/mol. The third-order valence-corrected chi connectivity index (χ3v) is 5.11. The van der Waals surface area contributed by atoms with Crippen molar-refractivity contribution in [2.24, 2.45) is 5.16 Å². The van der Waals surface area contributed by atoms with Crippen LogP contribution in [0.15, 0.2) is 47.1 Å². The van der Waals surface area contributed by atoms with Crippen molar-refractivity contribution in [1.82, 2.24) is 4.98 Å². The van der Waals surface area contributed by atoms with Crippen molar-refractivity contribution in [3.05, 3.63) is 53.0 Å². The molecule has 3 rings (SSSR count). The molecular formula is C21H23N3O5S. The summed E-state index contributed by atoms with van der Waals surface area (Å²) in [4.78, 5) is 14.7. The molecule has 9 heteroatoms. The van der Waals surface area contributed by atoms with Crippen LogP contribution in [0.3, 0.4) is 0 Å². The zero-order valence-electron chi connectivity index (χ0n) is 17.4. The van der Waals surface area contributed by atoms with Crippen molar-refractivity contribution in [3.8, 4) is 27.8 Å². The molecule has 158 valence electrons. The van der Waals surface area contributed by atoms with Crippen molar-refractivity contribution >= 4 is 22.7 Å². The second-order valence-electron chi connectivity index (χ2n) is 5.94. The van der Waals surface area contributed by atoms with Gasteiger partial charge in [-0.2, -0.15) is 0 Å². The number of hydrogen-bond acceptors (Lipinski definition) is 9. The van der Waals surface area contributed by atoms with Crippen LogP contribution in [-0.4, -0.2) is 46.2 Å². The summed E-state index contributed by atoms with van der Waals surface area (Å²) in [6, 6.07) is 9.46. The highest BCUT2D eigenvalue weighted by molar-refractivity contribution is 7.13. The molecule has 0 fully saturated rings. The molecule has 0 aliphatic heterocycles. The number of hydrogen-bond donors (Lipinski definition) is 1. The number of methoxy groups -OCH3 is 3. The Balaban J connectivity index is 2.22. The Morgan fingerprint density at radius 3 is 2.23 bits per heavy atom. The third-order valence-electron chi connectivity index (χ3n) is 4.29. The smallest absolute Gasteiger partial charge is 0.203 e. The van der Waals surface area contributed by atoms with Crippen LogP contribution >= 0.6 is 11.3 Å². The lowest BCUT2D eigenvalue weighted by Crippen LogP contribution is -2.10. The van der Waals surface area contributed by atoms with E-state index in [1.54, 1.807) is 46.0 Å². The number of oxime groups is 1. The Morgan fingerprint density at radius 2 is 1.70 bits per heavy atom. The number of nitrogens with zero attached hydrogens (tertiary/aromatic N) is 2. The van der Waals surface area contributed by atoms with Crippen LogP contribution in [0.25, 0.3) is 10.6 Å². The zero-order chi connectivity index (χ0) is 21.5. The van der Waals surface area contributed by atoms with Gasteiger partial charge in [-0.1, -0.05) is 5.16 Å². The van der Waals surface area contributed by atoms with E-state index >= 15 is 0 Å². The summed E-state index contributed by atoms with van der Waals surface area (Å²) in [5.41, 5.74) is 6.56. The molecule has 0 saturated heterocycles. The highest BCUT2D eigenvalue weighted by atomic mass is 32.1. The van der Waals surface area contributed by atoms with E-state index in [-0.39, 0.29) is 0 Å². The molecule has 1 aromatic heterocycles. The van der Waals surface area contributed by atoms with E-state index in [0.717, 1.165) is 16.1 Å². The fourth-order valence-electron chi connectivity index (χ4n) is 3.00. The molecule has 0 amide bonds. The number of aromatic nitrogens is 1. The van der Waals surface area contributed by atoms with Gasteiger partial charge < -0.3 is 19.0 Å². The van der Waals surface area contributed by atoms with E-state index in [1.807, 2.05) is 35.7 Å². The summed E-state index contributed by atoms with van der Waals surface area (Å²) in [5, 5.41) is 7.11. The van der Waals surface area contributed by atoms with Crippen LogP contribution in [0.5, 0.6) is 17.2 Å². The van der Waals surface area contributed by atoms with Gasteiger partial charge in [-0.3, -0.25) is 10.3 Å². The monoisotopic (exact) mass is 429 g/mol. The van der Waals surface area contributed by atoms with Gasteiger partial charge >= 0.3 is 0 Å². The number of benzene rings is 2. The molecule has 3 aromatic rings. The summed E-state index contributed by atoms with van der Waals surface area (Å²) in [5.74, 6) is 1.51. The van der Waals surface area contributed by atoms with E-state index in [2.05, 4.69) is 15.6 Å². The van der Waals surface area contributed by atoms with Crippen molar-refractivity contribution in [2.45, 2.75) is 0 Å². The van der Waals surface area contributed by atoms with Gasteiger partial charge in [0.2, 0.25) is 5.75 Å². The van der Waals surface area contributed by atoms with Gasteiger partial charge in [0, 0.05) is 28.3 Å². The normalized spacial score (nSPS) is 11.2. The second kappa shape index (κ2) is 9.95. The fourth-order valence-corrected chi connectivity index (χ4v) is 3.64. The predicted octanol–water partition coefficient (Wildman–Crippen LogP) is 4.21. The second-order valence-corrected chi connectivity index (χ2v) is 6.83. The highest BCUT2D eigenvalue weighted by Crippen LogP contribution is 2.39. The molecule has 0 aliphatic rings. The summed E-state index contributed by atoms with van der Waals surface area (Å²) < 4.78 is 16.4. The maximum absolute atomic E-state index is 5.49. The predicted molar refractivity (Wildman–Crippen MR) is 117 cm³/mol. The third kappa shape index (κ3) is 4.32. The Labute approximate surface area is 179 Å². The van der Waals surface area contributed by atoms with Gasteiger partial charge in [-0.25, -0.2) is 4.98 Å². The summed E-state index contributed by atoms with van der Waals surface area (Å²) in [7, 11) is 7.73. The van der Waals surface area contributed by atoms with E-state index in [0.29, 0.717) is 34.2 Å². The van der Waals surface area contributed by atoms with E-state index in [4.69, 9.17) is 23.9 Å². The number of thiazole rings is 1. The molecule has 0 atom stereocenters. The van der Waals surface area contributed by atoms with E-state index < -0.39 is 0 Å². The van der Waals surface area contributed by atoms with Crippen LogP contribution in [0.4, 0.5) is 5.69 Å². The first-order valence-electron chi connectivity index (χ1n) is 8.91. The molecule has 0 aliphatic carbocycles. The first kappa shape index (κ1) is 21.4. The molecule has 0 saturated carbocycles. The summed E-state index contributed by atoms with van der Waals surface area (Å²) in [6.45, 7) is 0. The van der Waals surface area contributed by atoms with Crippen LogP contribution in [0, 0.1) is 0 Å². The van der Waals surface area contributed by atoms with Crippen molar-refractivity contribution < 1.29 is 23.9 Å². The van der Waals surface area contributed by atoms with E-state index in [1.165, 1.54) is 7.11 Å². The minimum Gasteiger partial charge on any atom is -0.493 e. The Kier molecular flexibility index (Phi) is 7.10. The summed E-state index contributed by atoms with van der Waals surface area (Å²) >= 11 is 1.55. The highest BCUT2D eigenvalue weighted by Gasteiger charge is 2.20. The maximum Gasteiger partial charge on any atom is 0.203 e. The van der Waals surface area contributed by atoms with Crippen molar-refractivity contribution in [2.75, 3.05) is 41.0 Å². The molecule has 0 spiro atoms. The fraction of sp³-hybridized carbons (Fsp3) is 0.238. The molecule has 8 nitrogen and oxygen atoms in total. The van der Waals surface area contributed by atoms with Crippen LogP contribution in [0.2, 0.25) is 0 Å². The standard InChI is InChI=1S/C21H23N3O5S/c1-25-17-11-14(12-18(26-2)20(17)27-3)19(24-29-5)15-10-13(21-22-8-9-30-21)6-7-16(15)23-28-4/h6-12,23H,1-5H3. The molecule has 1 N–H and O–H groups in total. The molecule has 0 unspecified atom stereocenters. The lowest BCUT2D eigenvalue weighted by atomic mass is 9.98. The molecule has 0 radical (unpaired) electrons. The summed E-state index contributed by atoms with van der Waals surface area (Å²) in [6.07, 6.45) is 1.77. The average Bonchev–Trinajstić information content (AvgIpc) is 3.32. The topological polar surface area (TPSA) is 83.4 Å². The molecule has 1 heterocycles. The van der Waals surface area contributed by atoms with Gasteiger partial charge in [-0.15, -0.1) is 11.3 Å². The van der Waals surface area contributed by atoms with Gasteiger partial charge in [0.05, 0.1) is 34.1 Å². The molecule has 30 heavy (non-hydrogen) atoms. The lowest BCUT2D eigenvalue weighted by molar-refractivity contribution is 0.214. The lowest BCUT2D eigenvalue weighted by Gasteiger charge is -2.17. The van der Waals surface area contributed by atoms with Crippen LogP contribution < -0.4 is 19.7 Å². The van der Waals surface area contributed by atoms with Crippen LogP contribution in [0.1, 0.15) is 11.1 Å². The van der Waals surface area contributed by atoms with Crippen molar-refractivity contribution in [3.63, 3.8) is 0 Å². The number of rotatable bonds is 9. The van der Waals surface area contributed by atoms with Gasteiger partial charge in [0.1, 0.15) is 17.8 Å². The van der Waals surface area contributed by atoms with Gasteiger partial charge in [-0.05, 0) is 30.3 Å². The zero-order valence-corrected chi connectivity index (χ0v) is 18.2. The Bertz CT molecular complexity index is 996. The SMILES string of the molecule is CON=C(c1cc(OC)c(OC)c(OC)c1)c1cc(-c2nccs2)ccc1NOC. The maximum atomic E-state index is 5.49. The molecule has 2 aromatic carbocycles. The minimum absolute atomic E-state index is 0.493. The van der Waals surface area contributed by atoms with Crippen molar-refractivity contribution in [1.29, 1.82) is 0 Å². The van der Waals surface area contributed by atoms with E-state index in [9.17, 15) is 0 Å². The van der Waals surface area contributed by atoms with Gasteiger partial charge in [0.25, 0.3) is 0 Å². The Hall–Kier alpha value is -3.30. The largest absolute Gasteiger partial charge is 0.493 e. The Morgan fingerprint density at radius 1 is 0.967 bits per heavy atom. The number of ether oxygens (including phenoxy) is 3. The number of anilines is 1. The molecule has 0 bridgehead atoms.